The number of benzene rings is 2. The highest BCUT2D eigenvalue weighted by atomic mass is 32.2. The van der Waals surface area contributed by atoms with Crippen molar-refractivity contribution in [1.29, 1.82) is 0 Å². The fraction of sp³-hybridized carbons (Fsp3) is 0.381. The number of nitrogens with zero attached hydrogens (tertiary/aromatic N) is 1. The lowest BCUT2D eigenvalue weighted by atomic mass is 10.2. The maximum atomic E-state index is 13.8. The van der Waals surface area contributed by atoms with E-state index in [0.29, 0.717) is 36.7 Å². The number of fused-ring (bicyclic) bond motifs is 1. The number of amides is 1. The average molecular weight is 453 g/mol. The van der Waals surface area contributed by atoms with Crippen LogP contribution in [0.2, 0.25) is 0 Å². The quantitative estimate of drug-likeness (QED) is 0.661. The number of rotatable bonds is 8. The van der Waals surface area contributed by atoms with Gasteiger partial charge in [0.2, 0.25) is 15.9 Å². The summed E-state index contributed by atoms with van der Waals surface area (Å²) in [5, 5.41) is 0. The zero-order valence-corrected chi connectivity index (χ0v) is 18.2. The molecule has 1 aliphatic rings. The van der Waals surface area contributed by atoms with Crippen molar-refractivity contribution in [1.82, 2.24) is 9.62 Å². The second kappa shape index (κ2) is 9.97. The first-order valence-corrected chi connectivity index (χ1v) is 11.2. The molecule has 0 fully saturated rings. The van der Waals surface area contributed by atoms with Crippen LogP contribution in [-0.2, 0) is 21.4 Å². The summed E-state index contributed by atoms with van der Waals surface area (Å²) in [5.74, 6) is 0.217. The normalized spacial score (nSPS) is 13.4. The molecule has 0 saturated heterocycles. The molecular weight excluding hydrogens is 427 g/mol. The van der Waals surface area contributed by atoms with Gasteiger partial charge in [-0.2, -0.15) is 0 Å². The third-order valence-corrected chi connectivity index (χ3v) is 6.18. The molecule has 0 radical (unpaired) electrons. The van der Waals surface area contributed by atoms with E-state index in [1.54, 1.807) is 19.2 Å². The Kier molecular flexibility index (Phi) is 7.34. The van der Waals surface area contributed by atoms with Crippen LogP contribution in [-0.4, -0.2) is 53.1 Å². The lowest BCUT2D eigenvalue weighted by Crippen LogP contribution is -2.32. The minimum Gasteiger partial charge on any atom is -0.494 e. The van der Waals surface area contributed by atoms with Crippen molar-refractivity contribution in [3.8, 4) is 17.2 Å². The van der Waals surface area contributed by atoms with Crippen molar-refractivity contribution in [2.75, 3.05) is 33.9 Å². The molecule has 0 aromatic heterocycles. The maximum Gasteiger partial charge on any atom is 0.240 e. The molecule has 1 aliphatic heterocycles. The summed E-state index contributed by atoms with van der Waals surface area (Å²) < 4.78 is 57.2. The first-order valence-electron chi connectivity index (χ1n) is 9.76. The highest BCUT2D eigenvalue weighted by Crippen LogP contribution is 2.31. The Labute approximate surface area is 181 Å². The van der Waals surface area contributed by atoms with Gasteiger partial charge in [-0.15, -0.1) is 0 Å². The standard InChI is InChI=1S/C21H25FN2O6S/c1-24(14-15-4-6-18(28-2)17(22)12-15)21(25)8-9-23-31(26,27)16-5-7-19-20(13-16)30-11-3-10-29-19/h4-7,12-13,23H,3,8-11,14H2,1-2H3. The summed E-state index contributed by atoms with van der Waals surface area (Å²) >= 11 is 0. The van der Waals surface area contributed by atoms with Crippen molar-refractivity contribution in [3.63, 3.8) is 0 Å². The van der Waals surface area contributed by atoms with Gasteiger partial charge in [0.05, 0.1) is 25.2 Å². The van der Waals surface area contributed by atoms with E-state index in [1.165, 1.54) is 36.3 Å². The second-order valence-corrected chi connectivity index (χ2v) is 8.79. The largest absolute Gasteiger partial charge is 0.494 e. The minimum atomic E-state index is -3.82. The molecule has 0 saturated carbocycles. The lowest BCUT2D eigenvalue weighted by molar-refractivity contribution is -0.130. The molecule has 2 aromatic carbocycles. The number of carbonyl (C=O) groups is 1. The first-order chi connectivity index (χ1) is 14.8. The van der Waals surface area contributed by atoms with Crippen molar-refractivity contribution in [2.24, 2.45) is 0 Å². The third-order valence-electron chi connectivity index (χ3n) is 4.72. The van der Waals surface area contributed by atoms with Crippen LogP contribution in [0.4, 0.5) is 4.39 Å². The molecule has 0 spiro atoms. The molecular formula is C21H25FN2O6S. The molecule has 0 unspecified atom stereocenters. The molecule has 1 heterocycles. The molecule has 3 rings (SSSR count). The Morgan fingerprint density at radius 2 is 1.90 bits per heavy atom. The Morgan fingerprint density at radius 1 is 1.16 bits per heavy atom. The van der Waals surface area contributed by atoms with E-state index >= 15 is 0 Å². The van der Waals surface area contributed by atoms with Crippen molar-refractivity contribution in [3.05, 3.63) is 47.8 Å². The maximum absolute atomic E-state index is 13.8. The van der Waals surface area contributed by atoms with Gasteiger partial charge in [-0.05, 0) is 29.8 Å². The number of nitrogens with one attached hydrogen (secondary N) is 1. The summed E-state index contributed by atoms with van der Waals surface area (Å²) in [5.41, 5.74) is 0.599. The molecule has 0 atom stereocenters. The Hall–Kier alpha value is -2.85. The van der Waals surface area contributed by atoms with Crippen LogP contribution < -0.4 is 18.9 Å². The summed E-state index contributed by atoms with van der Waals surface area (Å²) in [6.45, 7) is 1.07. The molecule has 1 N–H and O–H groups in total. The van der Waals surface area contributed by atoms with E-state index in [0.717, 1.165) is 0 Å². The van der Waals surface area contributed by atoms with Gasteiger partial charge in [0.1, 0.15) is 0 Å². The van der Waals surface area contributed by atoms with E-state index in [2.05, 4.69) is 4.72 Å². The van der Waals surface area contributed by atoms with Gasteiger partial charge in [-0.1, -0.05) is 6.07 Å². The molecule has 0 aliphatic carbocycles. The summed E-state index contributed by atoms with van der Waals surface area (Å²) in [7, 11) is -0.871. The highest BCUT2D eigenvalue weighted by molar-refractivity contribution is 7.89. The number of carbonyl (C=O) groups excluding carboxylic acids is 1. The van der Waals surface area contributed by atoms with Gasteiger partial charge in [0.15, 0.2) is 23.1 Å². The Bertz CT molecular complexity index is 1040. The minimum absolute atomic E-state index is 0.0336. The summed E-state index contributed by atoms with van der Waals surface area (Å²) in [4.78, 5) is 13.8. The van der Waals surface area contributed by atoms with E-state index in [1.807, 2.05) is 0 Å². The monoisotopic (exact) mass is 452 g/mol. The van der Waals surface area contributed by atoms with Gasteiger partial charge in [-0.3, -0.25) is 4.79 Å². The van der Waals surface area contributed by atoms with E-state index < -0.39 is 15.8 Å². The number of sulfonamides is 1. The van der Waals surface area contributed by atoms with E-state index in [-0.39, 0.29) is 36.1 Å². The SMILES string of the molecule is COc1ccc(CN(C)C(=O)CCNS(=O)(=O)c2ccc3c(c2)OCCCO3)cc1F. The molecule has 10 heteroatoms. The molecule has 0 bridgehead atoms. The zero-order valence-electron chi connectivity index (χ0n) is 17.4. The molecule has 2 aromatic rings. The van der Waals surface area contributed by atoms with E-state index in [4.69, 9.17) is 14.2 Å². The van der Waals surface area contributed by atoms with Crippen LogP contribution in [0.25, 0.3) is 0 Å². The second-order valence-electron chi connectivity index (χ2n) is 7.03. The van der Waals surface area contributed by atoms with Gasteiger partial charge >= 0.3 is 0 Å². The molecule has 31 heavy (non-hydrogen) atoms. The number of hydrogen-bond acceptors (Lipinski definition) is 6. The summed E-state index contributed by atoms with van der Waals surface area (Å²) in [6, 6.07) is 8.86. The molecule has 1 amide bonds. The fourth-order valence-electron chi connectivity index (χ4n) is 3.05. The zero-order chi connectivity index (χ0) is 22.4. The predicted molar refractivity (Wildman–Crippen MR) is 111 cm³/mol. The van der Waals surface area contributed by atoms with Crippen LogP contribution in [0.5, 0.6) is 17.2 Å². The van der Waals surface area contributed by atoms with Gasteiger partial charge < -0.3 is 19.1 Å². The number of halogens is 1. The van der Waals surface area contributed by atoms with E-state index in [9.17, 15) is 17.6 Å². The van der Waals surface area contributed by atoms with Crippen LogP contribution in [0.3, 0.4) is 0 Å². The van der Waals surface area contributed by atoms with Crippen molar-refractivity contribution < 1.29 is 31.8 Å². The van der Waals surface area contributed by atoms with Crippen molar-refractivity contribution in [2.45, 2.75) is 24.3 Å². The lowest BCUT2D eigenvalue weighted by Gasteiger charge is -2.18. The van der Waals surface area contributed by atoms with Crippen LogP contribution >= 0.6 is 0 Å². The van der Waals surface area contributed by atoms with Crippen LogP contribution in [0, 0.1) is 5.82 Å². The van der Waals surface area contributed by atoms with Gasteiger partial charge in [0, 0.05) is 39.0 Å². The van der Waals surface area contributed by atoms with Gasteiger partial charge in [-0.25, -0.2) is 17.5 Å². The number of hydrogen-bond donors (Lipinski definition) is 1. The predicted octanol–water partition coefficient (Wildman–Crippen LogP) is 2.32. The first kappa shape index (κ1) is 22.8. The Balaban J connectivity index is 1.54. The smallest absolute Gasteiger partial charge is 0.240 e. The average Bonchev–Trinajstić information content (AvgIpc) is 2.98. The fourth-order valence-corrected chi connectivity index (χ4v) is 4.09. The summed E-state index contributed by atoms with van der Waals surface area (Å²) in [6.07, 6.45) is 0.673. The van der Waals surface area contributed by atoms with Crippen LogP contribution in [0.15, 0.2) is 41.3 Å². The van der Waals surface area contributed by atoms with Gasteiger partial charge in [0.25, 0.3) is 0 Å². The number of ether oxygens (including phenoxy) is 3. The third kappa shape index (κ3) is 5.86. The molecule has 8 nitrogen and oxygen atoms in total. The Morgan fingerprint density at radius 3 is 2.61 bits per heavy atom. The van der Waals surface area contributed by atoms with Crippen LogP contribution in [0.1, 0.15) is 18.4 Å². The number of methoxy groups -OCH3 is 1. The van der Waals surface area contributed by atoms with Crippen molar-refractivity contribution >= 4 is 15.9 Å². The highest BCUT2D eigenvalue weighted by Gasteiger charge is 2.19. The topological polar surface area (TPSA) is 94.2 Å². The molecule has 168 valence electrons.